The molecule has 0 bridgehead atoms. The van der Waals surface area contributed by atoms with Crippen molar-refractivity contribution < 1.29 is 14.3 Å². The smallest absolute Gasteiger partial charge is 0.253 e. The third kappa shape index (κ3) is 3.39. The number of hydrogen-bond donors (Lipinski definition) is 0. The van der Waals surface area contributed by atoms with Gasteiger partial charge in [0.15, 0.2) is 17.1 Å². The molecule has 0 N–H and O–H groups in total. The maximum absolute atomic E-state index is 13.2. The Bertz CT molecular complexity index is 1610. The van der Waals surface area contributed by atoms with Crippen molar-refractivity contribution in [2.24, 2.45) is 0 Å². The highest BCUT2D eigenvalue weighted by Gasteiger charge is 2.29. The number of rotatable bonds is 3. The van der Waals surface area contributed by atoms with Crippen molar-refractivity contribution in [1.29, 1.82) is 0 Å². The molecule has 2 aliphatic rings. The normalized spacial score (nSPS) is 15.6. The predicted octanol–water partition coefficient (Wildman–Crippen LogP) is 5.46. The standard InChI is InChI=1S/C29H24N4O3/c34-29(20-10-11-25-26(17-20)36-18-35-25)32-15-12-21(13-16-32)33-27(31-24-9-4-14-30-28(24)33)23-8-3-6-19-5-1-2-7-22(19)23/h1-11,14,17,21H,12-13,15-16,18H2. The van der Waals surface area contributed by atoms with Crippen LogP contribution < -0.4 is 9.47 Å². The fourth-order valence-corrected chi connectivity index (χ4v) is 5.43. The fourth-order valence-electron chi connectivity index (χ4n) is 5.43. The van der Waals surface area contributed by atoms with Gasteiger partial charge in [0.25, 0.3) is 5.91 Å². The number of fused-ring (bicyclic) bond motifs is 3. The average Bonchev–Trinajstić information content (AvgIpc) is 3.57. The first-order chi connectivity index (χ1) is 17.8. The fraction of sp³-hybridized carbons (Fsp3) is 0.207. The molecule has 4 heterocycles. The van der Waals surface area contributed by atoms with Crippen molar-refractivity contribution in [3.05, 3.63) is 84.6 Å². The molecule has 0 atom stereocenters. The summed E-state index contributed by atoms with van der Waals surface area (Å²) < 4.78 is 13.1. The predicted molar refractivity (Wildman–Crippen MR) is 137 cm³/mol. The highest BCUT2D eigenvalue weighted by molar-refractivity contribution is 5.97. The second kappa shape index (κ2) is 8.37. The molecule has 0 saturated carbocycles. The van der Waals surface area contributed by atoms with Crippen LogP contribution in [0.25, 0.3) is 33.3 Å². The minimum absolute atomic E-state index is 0.0228. The topological polar surface area (TPSA) is 69.5 Å². The number of amides is 1. The van der Waals surface area contributed by atoms with E-state index in [2.05, 4.69) is 47.0 Å². The number of carbonyl (C=O) groups is 1. The van der Waals surface area contributed by atoms with E-state index < -0.39 is 0 Å². The summed E-state index contributed by atoms with van der Waals surface area (Å²) in [5, 5.41) is 2.36. The highest BCUT2D eigenvalue weighted by atomic mass is 16.7. The van der Waals surface area contributed by atoms with Crippen molar-refractivity contribution in [2.45, 2.75) is 18.9 Å². The molecule has 2 aliphatic heterocycles. The number of ether oxygens (including phenoxy) is 2. The van der Waals surface area contributed by atoms with Crippen molar-refractivity contribution >= 4 is 27.8 Å². The van der Waals surface area contributed by atoms with E-state index in [1.807, 2.05) is 35.4 Å². The lowest BCUT2D eigenvalue weighted by atomic mass is 10.0. The van der Waals surface area contributed by atoms with E-state index in [9.17, 15) is 4.79 Å². The Hall–Kier alpha value is -4.39. The van der Waals surface area contributed by atoms with Gasteiger partial charge in [0.1, 0.15) is 11.3 Å². The van der Waals surface area contributed by atoms with Gasteiger partial charge in [-0.25, -0.2) is 9.97 Å². The summed E-state index contributed by atoms with van der Waals surface area (Å²) in [4.78, 5) is 24.9. The molecular weight excluding hydrogens is 452 g/mol. The van der Waals surface area contributed by atoms with Crippen LogP contribution in [0.4, 0.5) is 0 Å². The van der Waals surface area contributed by atoms with Gasteiger partial charge in [0.2, 0.25) is 6.79 Å². The largest absolute Gasteiger partial charge is 0.454 e. The SMILES string of the molecule is O=C(c1ccc2c(c1)OCO2)N1CCC(n2c(-c3cccc4ccccc34)nc3cccnc32)CC1. The van der Waals surface area contributed by atoms with E-state index >= 15 is 0 Å². The Morgan fingerprint density at radius 3 is 2.64 bits per heavy atom. The Labute approximate surface area is 207 Å². The molecule has 0 radical (unpaired) electrons. The van der Waals surface area contributed by atoms with E-state index in [0.29, 0.717) is 30.2 Å². The first-order valence-corrected chi connectivity index (χ1v) is 12.3. The van der Waals surface area contributed by atoms with Crippen LogP contribution in [0.2, 0.25) is 0 Å². The molecule has 1 fully saturated rings. The number of hydrogen-bond acceptors (Lipinski definition) is 5. The molecule has 1 saturated heterocycles. The lowest BCUT2D eigenvalue weighted by molar-refractivity contribution is 0.0696. The maximum atomic E-state index is 13.2. The number of nitrogens with zero attached hydrogens (tertiary/aromatic N) is 4. The molecule has 7 nitrogen and oxygen atoms in total. The number of imidazole rings is 1. The van der Waals surface area contributed by atoms with E-state index in [-0.39, 0.29) is 18.7 Å². The van der Waals surface area contributed by atoms with Gasteiger partial charge in [-0.05, 0) is 53.9 Å². The molecular formula is C29H24N4O3. The van der Waals surface area contributed by atoms with E-state index in [0.717, 1.165) is 35.4 Å². The second-order valence-electron chi connectivity index (χ2n) is 9.27. The number of aromatic nitrogens is 3. The van der Waals surface area contributed by atoms with Gasteiger partial charge in [-0.3, -0.25) is 4.79 Å². The molecule has 36 heavy (non-hydrogen) atoms. The maximum Gasteiger partial charge on any atom is 0.253 e. The first-order valence-electron chi connectivity index (χ1n) is 12.3. The minimum Gasteiger partial charge on any atom is -0.454 e. The number of piperidine rings is 1. The summed E-state index contributed by atoms with van der Waals surface area (Å²) in [6.07, 6.45) is 3.48. The lowest BCUT2D eigenvalue weighted by Gasteiger charge is -2.33. The quantitative estimate of drug-likeness (QED) is 0.346. The number of likely N-dealkylation sites (tertiary alicyclic amines) is 1. The zero-order valence-electron chi connectivity index (χ0n) is 19.6. The molecule has 2 aromatic heterocycles. The summed E-state index contributed by atoms with van der Waals surface area (Å²) in [5.74, 6) is 2.27. The second-order valence-corrected chi connectivity index (χ2v) is 9.27. The van der Waals surface area contributed by atoms with Gasteiger partial charge >= 0.3 is 0 Å². The summed E-state index contributed by atoms with van der Waals surface area (Å²) >= 11 is 0. The minimum atomic E-state index is 0.0228. The van der Waals surface area contributed by atoms with Crippen LogP contribution in [-0.4, -0.2) is 45.2 Å². The molecule has 0 unspecified atom stereocenters. The third-order valence-corrected chi connectivity index (χ3v) is 7.22. The van der Waals surface area contributed by atoms with Crippen molar-refractivity contribution in [1.82, 2.24) is 19.4 Å². The number of carbonyl (C=O) groups excluding carboxylic acids is 1. The number of benzene rings is 3. The molecule has 178 valence electrons. The van der Waals surface area contributed by atoms with Gasteiger partial charge in [-0.2, -0.15) is 0 Å². The Morgan fingerprint density at radius 2 is 1.72 bits per heavy atom. The lowest BCUT2D eigenvalue weighted by Crippen LogP contribution is -2.39. The van der Waals surface area contributed by atoms with Crippen LogP contribution in [0.3, 0.4) is 0 Å². The van der Waals surface area contributed by atoms with Crippen LogP contribution in [0.5, 0.6) is 11.5 Å². The Morgan fingerprint density at radius 1 is 0.889 bits per heavy atom. The van der Waals surface area contributed by atoms with E-state index in [1.165, 1.54) is 10.8 Å². The van der Waals surface area contributed by atoms with Crippen molar-refractivity contribution in [3.8, 4) is 22.9 Å². The highest BCUT2D eigenvalue weighted by Crippen LogP contribution is 2.37. The molecule has 7 rings (SSSR count). The third-order valence-electron chi connectivity index (χ3n) is 7.22. The molecule has 7 heteroatoms. The molecule has 3 aromatic carbocycles. The molecule has 0 aliphatic carbocycles. The van der Waals surface area contributed by atoms with Gasteiger partial charge in [0.05, 0.1) is 0 Å². The molecule has 1 amide bonds. The summed E-state index contributed by atoms with van der Waals surface area (Å²) in [6, 6.07) is 24.3. The summed E-state index contributed by atoms with van der Waals surface area (Å²) in [6.45, 7) is 1.53. The van der Waals surface area contributed by atoms with Gasteiger partial charge in [0, 0.05) is 36.5 Å². The Balaban J connectivity index is 1.21. The number of pyridine rings is 1. The van der Waals surface area contributed by atoms with Gasteiger partial charge in [-0.1, -0.05) is 42.5 Å². The average molecular weight is 477 g/mol. The van der Waals surface area contributed by atoms with Gasteiger partial charge in [-0.15, -0.1) is 0 Å². The van der Waals surface area contributed by atoms with Crippen LogP contribution in [0.15, 0.2) is 79.0 Å². The summed E-state index contributed by atoms with van der Waals surface area (Å²) in [7, 11) is 0. The van der Waals surface area contributed by atoms with Gasteiger partial charge < -0.3 is 18.9 Å². The Kier molecular flexibility index (Phi) is 4.87. The van der Waals surface area contributed by atoms with Crippen LogP contribution in [0.1, 0.15) is 29.2 Å². The first kappa shape index (κ1) is 20.9. The molecule has 0 spiro atoms. The van der Waals surface area contributed by atoms with Crippen LogP contribution in [-0.2, 0) is 0 Å². The molecule has 5 aromatic rings. The van der Waals surface area contributed by atoms with Crippen LogP contribution in [0, 0.1) is 0 Å². The van der Waals surface area contributed by atoms with Crippen molar-refractivity contribution in [3.63, 3.8) is 0 Å². The zero-order valence-corrected chi connectivity index (χ0v) is 19.6. The van der Waals surface area contributed by atoms with Crippen molar-refractivity contribution in [2.75, 3.05) is 19.9 Å². The van der Waals surface area contributed by atoms with E-state index in [4.69, 9.17) is 19.4 Å². The van der Waals surface area contributed by atoms with Crippen LogP contribution >= 0.6 is 0 Å². The summed E-state index contributed by atoms with van der Waals surface area (Å²) in [5.41, 5.74) is 3.51. The monoisotopic (exact) mass is 476 g/mol. The van der Waals surface area contributed by atoms with E-state index in [1.54, 1.807) is 6.07 Å². The zero-order chi connectivity index (χ0) is 24.1.